The van der Waals surface area contributed by atoms with E-state index in [0.29, 0.717) is 29.2 Å². The SMILES string of the molecule is NC=C(C=C(C=O)NC(=O)c1ccc(N2CCCCC2)cc1)c1cccc(NC2CC2)n1. The molecule has 0 spiro atoms. The third-order valence-corrected chi connectivity index (χ3v) is 5.70. The number of nitrogens with one attached hydrogen (secondary N) is 2. The Balaban J connectivity index is 1.44. The molecule has 2 aliphatic rings. The second-order valence-electron chi connectivity index (χ2n) is 8.21. The Kier molecular flexibility index (Phi) is 6.84. The number of nitrogens with zero attached hydrogens (tertiary/aromatic N) is 2. The molecule has 2 aromatic rings. The molecule has 1 aliphatic heterocycles. The average Bonchev–Trinajstić information content (AvgIpc) is 3.66. The Morgan fingerprint density at radius 3 is 2.47 bits per heavy atom. The summed E-state index contributed by atoms with van der Waals surface area (Å²) in [5.41, 5.74) is 8.70. The molecule has 4 N–H and O–H groups in total. The number of hydrogen-bond acceptors (Lipinski definition) is 6. The third-order valence-electron chi connectivity index (χ3n) is 5.70. The zero-order chi connectivity index (χ0) is 22.3. The zero-order valence-electron chi connectivity index (χ0n) is 18.1. The first-order valence-corrected chi connectivity index (χ1v) is 11.2. The summed E-state index contributed by atoms with van der Waals surface area (Å²) in [5.74, 6) is 0.422. The number of benzene rings is 1. The van der Waals surface area contributed by atoms with Gasteiger partial charge in [0.15, 0.2) is 6.29 Å². The quantitative estimate of drug-likeness (QED) is 0.336. The smallest absolute Gasteiger partial charge is 0.255 e. The summed E-state index contributed by atoms with van der Waals surface area (Å²) >= 11 is 0. The number of nitrogens with two attached hydrogens (primary N) is 1. The van der Waals surface area contributed by atoms with Crippen molar-refractivity contribution in [2.75, 3.05) is 23.3 Å². The molecule has 0 bridgehead atoms. The highest BCUT2D eigenvalue weighted by Gasteiger charge is 2.21. The van der Waals surface area contributed by atoms with E-state index in [0.717, 1.165) is 37.4 Å². The van der Waals surface area contributed by atoms with Gasteiger partial charge < -0.3 is 21.3 Å². The van der Waals surface area contributed by atoms with Crippen LogP contribution in [0.15, 0.2) is 60.4 Å². The van der Waals surface area contributed by atoms with E-state index >= 15 is 0 Å². The topological polar surface area (TPSA) is 100 Å². The van der Waals surface area contributed by atoms with E-state index in [4.69, 9.17) is 5.73 Å². The molecule has 1 aromatic heterocycles. The van der Waals surface area contributed by atoms with Crippen LogP contribution in [0.5, 0.6) is 0 Å². The van der Waals surface area contributed by atoms with Gasteiger partial charge in [-0.3, -0.25) is 9.59 Å². The van der Waals surface area contributed by atoms with Gasteiger partial charge in [-0.05, 0) is 74.6 Å². The number of aldehydes is 1. The number of rotatable bonds is 8. The predicted molar refractivity (Wildman–Crippen MR) is 127 cm³/mol. The Morgan fingerprint density at radius 2 is 1.81 bits per heavy atom. The van der Waals surface area contributed by atoms with Crippen molar-refractivity contribution >= 4 is 29.3 Å². The number of aromatic nitrogens is 1. The van der Waals surface area contributed by atoms with Gasteiger partial charge in [-0.15, -0.1) is 0 Å². The summed E-state index contributed by atoms with van der Waals surface area (Å²) in [4.78, 5) is 31.2. The Morgan fingerprint density at radius 1 is 1.06 bits per heavy atom. The molecule has 4 rings (SSSR count). The van der Waals surface area contributed by atoms with Gasteiger partial charge in [-0.2, -0.15) is 0 Å². The van der Waals surface area contributed by atoms with Crippen molar-refractivity contribution in [3.8, 4) is 0 Å². The molecule has 1 amide bonds. The van der Waals surface area contributed by atoms with Crippen LogP contribution >= 0.6 is 0 Å². The average molecular weight is 432 g/mol. The number of hydrogen-bond donors (Lipinski definition) is 3. The maximum atomic E-state index is 12.7. The van der Waals surface area contributed by atoms with Crippen molar-refractivity contribution in [1.82, 2.24) is 10.3 Å². The summed E-state index contributed by atoms with van der Waals surface area (Å²) in [5, 5.41) is 6.02. The Hall–Kier alpha value is -3.61. The summed E-state index contributed by atoms with van der Waals surface area (Å²) in [6, 6.07) is 13.6. The number of anilines is 2. The minimum atomic E-state index is -0.345. The van der Waals surface area contributed by atoms with Crippen molar-refractivity contribution in [2.45, 2.75) is 38.1 Å². The fourth-order valence-electron chi connectivity index (χ4n) is 3.77. The van der Waals surface area contributed by atoms with Gasteiger partial charge in [0.1, 0.15) is 5.82 Å². The second kappa shape index (κ2) is 10.1. The lowest BCUT2D eigenvalue weighted by Gasteiger charge is -2.28. The van der Waals surface area contributed by atoms with E-state index in [1.807, 2.05) is 30.3 Å². The van der Waals surface area contributed by atoms with E-state index < -0.39 is 0 Å². The maximum Gasteiger partial charge on any atom is 0.255 e. The molecule has 32 heavy (non-hydrogen) atoms. The first kappa shape index (κ1) is 21.6. The largest absolute Gasteiger partial charge is 0.404 e. The normalized spacial score (nSPS) is 17.1. The number of pyridine rings is 1. The molecule has 1 saturated carbocycles. The van der Waals surface area contributed by atoms with Gasteiger partial charge in [0.2, 0.25) is 0 Å². The van der Waals surface area contributed by atoms with Crippen LogP contribution in [-0.2, 0) is 4.79 Å². The fraction of sp³-hybridized carbons (Fsp3) is 0.320. The molecule has 0 radical (unpaired) electrons. The standard InChI is InChI=1S/C25H29N5O2/c26-16-19(23-5-4-6-24(29-23)27-20-9-10-20)15-21(17-31)28-25(32)18-7-11-22(12-8-18)30-13-2-1-3-14-30/h4-8,11-12,15-17,20H,1-3,9-10,13-14,26H2,(H,27,29)(H,28,32). The number of carbonyl (C=O) groups excluding carboxylic acids is 2. The molecule has 1 aliphatic carbocycles. The van der Waals surface area contributed by atoms with E-state index in [-0.39, 0.29) is 11.6 Å². The molecule has 0 atom stereocenters. The predicted octanol–water partition coefficient (Wildman–Crippen LogP) is 3.46. The molecular formula is C25H29N5O2. The zero-order valence-corrected chi connectivity index (χ0v) is 18.1. The molecule has 7 heteroatoms. The van der Waals surface area contributed by atoms with E-state index in [1.54, 1.807) is 12.1 Å². The molecule has 0 unspecified atom stereocenters. The lowest BCUT2D eigenvalue weighted by molar-refractivity contribution is -0.105. The summed E-state index contributed by atoms with van der Waals surface area (Å²) in [6.07, 6.45) is 9.48. The van der Waals surface area contributed by atoms with Crippen molar-refractivity contribution in [1.29, 1.82) is 0 Å². The lowest BCUT2D eigenvalue weighted by Crippen LogP contribution is -2.29. The first-order chi connectivity index (χ1) is 15.7. The Labute approximate surface area is 188 Å². The highest BCUT2D eigenvalue weighted by Crippen LogP contribution is 2.25. The summed E-state index contributed by atoms with van der Waals surface area (Å²) in [6.45, 7) is 2.09. The minimum absolute atomic E-state index is 0.120. The first-order valence-electron chi connectivity index (χ1n) is 11.2. The fourth-order valence-corrected chi connectivity index (χ4v) is 3.77. The number of piperidine rings is 1. The molecule has 7 nitrogen and oxygen atoms in total. The van der Waals surface area contributed by atoms with Gasteiger partial charge in [0, 0.05) is 42.2 Å². The molecule has 1 aromatic carbocycles. The highest BCUT2D eigenvalue weighted by atomic mass is 16.2. The van der Waals surface area contributed by atoms with E-state index in [2.05, 4.69) is 20.5 Å². The van der Waals surface area contributed by atoms with Crippen LogP contribution in [0.25, 0.3) is 5.57 Å². The maximum absolute atomic E-state index is 12.7. The van der Waals surface area contributed by atoms with Crippen molar-refractivity contribution in [3.05, 3.63) is 71.7 Å². The molecule has 2 heterocycles. The van der Waals surface area contributed by atoms with Crippen LogP contribution in [0, 0.1) is 0 Å². The third kappa shape index (κ3) is 5.55. The van der Waals surface area contributed by atoms with Crippen LogP contribution in [0.2, 0.25) is 0 Å². The minimum Gasteiger partial charge on any atom is -0.404 e. The Bertz CT molecular complexity index is 1020. The van der Waals surface area contributed by atoms with Crippen LogP contribution in [0.3, 0.4) is 0 Å². The lowest BCUT2D eigenvalue weighted by atomic mass is 10.1. The van der Waals surface area contributed by atoms with Crippen LogP contribution in [0.1, 0.15) is 48.2 Å². The monoisotopic (exact) mass is 431 g/mol. The van der Waals surface area contributed by atoms with Crippen LogP contribution < -0.4 is 21.3 Å². The number of amides is 1. The molecule has 1 saturated heterocycles. The highest BCUT2D eigenvalue weighted by molar-refractivity contribution is 5.99. The van der Waals surface area contributed by atoms with Gasteiger partial charge in [-0.1, -0.05) is 6.07 Å². The van der Waals surface area contributed by atoms with Crippen molar-refractivity contribution in [2.24, 2.45) is 5.73 Å². The summed E-state index contributed by atoms with van der Waals surface area (Å²) in [7, 11) is 0. The van der Waals surface area contributed by atoms with Crippen molar-refractivity contribution < 1.29 is 9.59 Å². The van der Waals surface area contributed by atoms with E-state index in [1.165, 1.54) is 31.5 Å². The van der Waals surface area contributed by atoms with Gasteiger partial charge in [0.05, 0.1) is 11.4 Å². The van der Waals surface area contributed by atoms with E-state index in [9.17, 15) is 9.59 Å². The summed E-state index contributed by atoms with van der Waals surface area (Å²) < 4.78 is 0. The number of allylic oxidation sites excluding steroid dienone is 3. The molecule has 166 valence electrons. The van der Waals surface area contributed by atoms with Crippen LogP contribution in [0.4, 0.5) is 11.5 Å². The molecule has 2 fully saturated rings. The van der Waals surface area contributed by atoms with Gasteiger partial charge in [-0.25, -0.2) is 4.98 Å². The van der Waals surface area contributed by atoms with Crippen LogP contribution in [-0.4, -0.2) is 36.3 Å². The number of carbonyl (C=O) groups is 2. The van der Waals surface area contributed by atoms with Gasteiger partial charge >= 0.3 is 0 Å². The van der Waals surface area contributed by atoms with Crippen molar-refractivity contribution in [3.63, 3.8) is 0 Å². The van der Waals surface area contributed by atoms with Gasteiger partial charge in [0.25, 0.3) is 5.91 Å². The second-order valence-corrected chi connectivity index (χ2v) is 8.21. The molecular weight excluding hydrogens is 402 g/mol.